The third-order valence-electron chi connectivity index (χ3n) is 4.73. The molecule has 0 heterocycles. The van der Waals surface area contributed by atoms with Crippen LogP contribution in [-0.4, -0.2) is 6.61 Å². The van der Waals surface area contributed by atoms with Gasteiger partial charge in [-0.1, -0.05) is 72.8 Å². The molecule has 3 aromatic carbocycles. The summed E-state index contributed by atoms with van der Waals surface area (Å²) in [5.74, 6) is -1.83. The molecule has 4 heteroatoms. The minimum atomic E-state index is -0.910. The third-order valence-corrected chi connectivity index (χ3v) is 4.73. The summed E-state index contributed by atoms with van der Waals surface area (Å²) in [4.78, 5) is 0. The summed E-state index contributed by atoms with van der Waals surface area (Å²) < 4.78 is 48.9. The summed E-state index contributed by atoms with van der Waals surface area (Å²) in [5, 5.41) is 0. The van der Waals surface area contributed by atoms with Gasteiger partial charge in [0.15, 0.2) is 11.6 Å². The van der Waals surface area contributed by atoms with Crippen LogP contribution >= 0.6 is 0 Å². The topological polar surface area (TPSA) is 9.23 Å². The monoisotopic (exact) mass is 420 g/mol. The Balaban J connectivity index is 1.76. The molecule has 3 aromatic rings. The molecular weight excluding hydrogens is 397 g/mol. The molecule has 0 bridgehead atoms. The molecule has 3 rings (SSSR count). The number of aryl methyl sites for hydroxylation is 1. The summed E-state index contributed by atoms with van der Waals surface area (Å²) in [6, 6.07) is 16.9. The molecule has 0 aliphatic rings. The standard InChI is InChI=1S/C27H23F3O/c1-17(2)15-25(28)19(4)16-31-22-11-9-21(10-12-22)24-14-13-23(26(29)27(24)30)20-7-5-18(3)6-8-20/h5-15H,1,4,16H2,2-3H3/b25-15+. The molecule has 0 aliphatic carbocycles. The number of allylic oxidation sites excluding steroid dienone is 2. The molecule has 0 amide bonds. The quantitative estimate of drug-likeness (QED) is 0.352. The van der Waals surface area contributed by atoms with E-state index in [2.05, 4.69) is 13.2 Å². The maximum absolute atomic E-state index is 14.8. The molecule has 31 heavy (non-hydrogen) atoms. The lowest BCUT2D eigenvalue weighted by Crippen LogP contribution is -2.01. The van der Waals surface area contributed by atoms with Crippen LogP contribution in [0.1, 0.15) is 12.5 Å². The largest absolute Gasteiger partial charge is 0.489 e. The van der Waals surface area contributed by atoms with Gasteiger partial charge in [-0.2, -0.15) is 0 Å². The Morgan fingerprint density at radius 3 is 1.81 bits per heavy atom. The number of benzene rings is 3. The highest BCUT2D eigenvalue weighted by atomic mass is 19.2. The van der Waals surface area contributed by atoms with E-state index in [0.29, 0.717) is 22.4 Å². The molecule has 158 valence electrons. The van der Waals surface area contributed by atoms with Crippen molar-refractivity contribution in [1.82, 2.24) is 0 Å². The Morgan fingerprint density at radius 2 is 1.32 bits per heavy atom. The zero-order chi connectivity index (χ0) is 22.5. The van der Waals surface area contributed by atoms with Crippen molar-refractivity contribution in [3.8, 4) is 28.0 Å². The normalized spacial score (nSPS) is 11.3. The van der Waals surface area contributed by atoms with Gasteiger partial charge in [-0.3, -0.25) is 0 Å². The van der Waals surface area contributed by atoms with Crippen molar-refractivity contribution in [3.63, 3.8) is 0 Å². The third kappa shape index (κ3) is 5.34. The molecule has 0 spiro atoms. The Bertz CT molecular complexity index is 1140. The molecular formula is C27H23F3O. The fraction of sp³-hybridized carbons (Fsp3) is 0.111. The first-order chi connectivity index (χ1) is 14.8. The van der Waals surface area contributed by atoms with Crippen LogP contribution in [0.25, 0.3) is 22.3 Å². The average molecular weight is 420 g/mol. The number of rotatable bonds is 7. The molecule has 1 nitrogen and oxygen atoms in total. The lowest BCUT2D eigenvalue weighted by Gasteiger charge is -2.11. The second-order valence-electron chi connectivity index (χ2n) is 7.41. The summed E-state index contributed by atoms with van der Waals surface area (Å²) >= 11 is 0. The zero-order valence-corrected chi connectivity index (χ0v) is 17.5. The van der Waals surface area contributed by atoms with Crippen molar-refractivity contribution >= 4 is 0 Å². The van der Waals surface area contributed by atoms with E-state index in [-0.39, 0.29) is 23.3 Å². The first-order valence-corrected chi connectivity index (χ1v) is 9.75. The van der Waals surface area contributed by atoms with E-state index in [0.717, 1.165) is 5.56 Å². The van der Waals surface area contributed by atoms with Crippen molar-refractivity contribution in [2.45, 2.75) is 13.8 Å². The Hall–Kier alpha value is -3.53. The van der Waals surface area contributed by atoms with Gasteiger partial charge in [-0.25, -0.2) is 13.2 Å². The lowest BCUT2D eigenvalue weighted by molar-refractivity contribution is 0.349. The van der Waals surface area contributed by atoms with Gasteiger partial charge in [0.1, 0.15) is 18.2 Å². The summed E-state index contributed by atoms with van der Waals surface area (Å²) in [7, 11) is 0. The van der Waals surface area contributed by atoms with E-state index >= 15 is 0 Å². The van der Waals surface area contributed by atoms with E-state index in [1.807, 2.05) is 19.1 Å². The van der Waals surface area contributed by atoms with E-state index in [1.165, 1.54) is 6.08 Å². The summed E-state index contributed by atoms with van der Waals surface area (Å²) in [5.41, 5.74) is 3.29. The highest BCUT2D eigenvalue weighted by Gasteiger charge is 2.16. The highest BCUT2D eigenvalue weighted by Crippen LogP contribution is 2.32. The molecule has 0 N–H and O–H groups in total. The Kier molecular flexibility index (Phi) is 6.81. The van der Waals surface area contributed by atoms with Crippen LogP contribution in [0.3, 0.4) is 0 Å². The minimum Gasteiger partial charge on any atom is -0.489 e. The summed E-state index contributed by atoms with van der Waals surface area (Å²) in [6.45, 7) is 10.8. The van der Waals surface area contributed by atoms with Gasteiger partial charge in [0.05, 0.1) is 0 Å². The fourth-order valence-corrected chi connectivity index (χ4v) is 3.02. The van der Waals surface area contributed by atoms with Crippen LogP contribution in [0.5, 0.6) is 5.75 Å². The van der Waals surface area contributed by atoms with Crippen LogP contribution in [0.15, 0.2) is 96.9 Å². The van der Waals surface area contributed by atoms with E-state index in [9.17, 15) is 13.2 Å². The van der Waals surface area contributed by atoms with Gasteiger partial charge in [0.25, 0.3) is 0 Å². The van der Waals surface area contributed by atoms with Gasteiger partial charge in [0, 0.05) is 16.7 Å². The van der Waals surface area contributed by atoms with Crippen LogP contribution in [0.4, 0.5) is 13.2 Å². The van der Waals surface area contributed by atoms with Gasteiger partial charge in [0.2, 0.25) is 0 Å². The van der Waals surface area contributed by atoms with Crippen LogP contribution in [0.2, 0.25) is 0 Å². The van der Waals surface area contributed by atoms with Crippen molar-refractivity contribution in [3.05, 3.63) is 114 Å². The first kappa shape index (κ1) is 22.2. The van der Waals surface area contributed by atoms with Crippen LogP contribution in [-0.2, 0) is 0 Å². The Morgan fingerprint density at radius 1 is 0.839 bits per heavy atom. The van der Waals surface area contributed by atoms with E-state index in [4.69, 9.17) is 4.74 Å². The first-order valence-electron chi connectivity index (χ1n) is 9.75. The van der Waals surface area contributed by atoms with E-state index in [1.54, 1.807) is 55.5 Å². The van der Waals surface area contributed by atoms with Crippen LogP contribution in [0, 0.1) is 18.6 Å². The fourth-order valence-electron chi connectivity index (χ4n) is 3.02. The second kappa shape index (κ2) is 9.52. The zero-order valence-electron chi connectivity index (χ0n) is 17.5. The van der Waals surface area contributed by atoms with Crippen molar-refractivity contribution in [2.24, 2.45) is 0 Å². The molecule has 0 aromatic heterocycles. The predicted molar refractivity (Wildman–Crippen MR) is 121 cm³/mol. The molecule has 0 fully saturated rings. The molecule has 0 radical (unpaired) electrons. The SMILES string of the molecule is C=C(C)/C=C(/F)C(=C)COc1ccc(-c2ccc(-c3ccc(C)cc3)c(F)c2F)cc1. The number of hydrogen-bond donors (Lipinski definition) is 0. The average Bonchev–Trinajstić information content (AvgIpc) is 2.74. The molecule has 0 unspecified atom stereocenters. The van der Waals surface area contributed by atoms with Gasteiger partial charge in [-0.05, 0) is 43.2 Å². The lowest BCUT2D eigenvalue weighted by atomic mass is 9.98. The number of ether oxygens (including phenoxy) is 1. The number of halogens is 3. The highest BCUT2D eigenvalue weighted by molar-refractivity contribution is 5.72. The van der Waals surface area contributed by atoms with Gasteiger partial charge in [-0.15, -0.1) is 0 Å². The minimum absolute atomic E-state index is 0.0385. The summed E-state index contributed by atoms with van der Waals surface area (Å²) in [6.07, 6.45) is 1.28. The molecule has 0 aliphatic heterocycles. The number of hydrogen-bond acceptors (Lipinski definition) is 1. The smallest absolute Gasteiger partial charge is 0.167 e. The maximum Gasteiger partial charge on any atom is 0.167 e. The van der Waals surface area contributed by atoms with Crippen molar-refractivity contribution in [1.29, 1.82) is 0 Å². The predicted octanol–water partition coefficient (Wildman–Crippen LogP) is 7.97. The maximum atomic E-state index is 14.8. The molecule has 0 saturated heterocycles. The van der Waals surface area contributed by atoms with Crippen molar-refractivity contribution < 1.29 is 17.9 Å². The van der Waals surface area contributed by atoms with Gasteiger partial charge >= 0.3 is 0 Å². The molecule has 0 saturated carbocycles. The van der Waals surface area contributed by atoms with Crippen molar-refractivity contribution in [2.75, 3.05) is 6.61 Å². The second-order valence-corrected chi connectivity index (χ2v) is 7.41. The van der Waals surface area contributed by atoms with E-state index < -0.39 is 17.5 Å². The van der Waals surface area contributed by atoms with Gasteiger partial charge < -0.3 is 4.74 Å². The van der Waals surface area contributed by atoms with Crippen LogP contribution < -0.4 is 4.74 Å². The molecule has 0 atom stereocenters. The Labute approximate surface area is 180 Å².